The van der Waals surface area contributed by atoms with Gasteiger partial charge in [-0.1, -0.05) is 20.8 Å². The summed E-state index contributed by atoms with van der Waals surface area (Å²) in [4.78, 5) is 14.7. The first-order valence-corrected chi connectivity index (χ1v) is 4.69. The molecule has 0 fully saturated rings. The van der Waals surface area contributed by atoms with Crippen molar-refractivity contribution in [1.29, 1.82) is 0 Å². The average Bonchev–Trinajstić information content (AvgIpc) is 2.20. The van der Waals surface area contributed by atoms with E-state index in [0.29, 0.717) is 0 Å². The Labute approximate surface area is 80.0 Å². The molecule has 0 aliphatic heterocycles. The van der Waals surface area contributed by atoms with Crippen molar-refractivity contribution < 1.29 is 4.79 Å². The Bertz CT molecular complexity index is 269. The summed E-state index contributed by atoms with van der Waals surface area (Å²) in [7, 11) is 0. The van der Waals surface area contributed by atoms with Crippen LogP contribution in [0, 0.1) is 6.92 Å². The van der Waals surface area contributed by atoms with Gasteiger partial charge in [0.15, 0.2) is 6.29 Å². The maximum atomic E-state index is 10.6. The second-order valence-electron chi connectivity index (χ2n) is 2.46. The summed E-state index contributed by atoms with van der Waals surface area (Å²) in [5.41, 5.74) is 2.64. The minimum absolute atomic E-state index is 0.745. The molecule has 2 heteroatoms. The van der Waals surface area contributed by atoms with Crippen molar-refractivity contribution in [2.45, 2.75) is 34.1 Å². The van der Waals surface area contributed by atoms with Crippen LogP contribution in [0.2, 0.25) is 0 Å². The summed E-state index contributed by atoms with van der Waals surface area (Å²) in [6.45, 7) is 7.92. The first-order chi connectivity index (χ1) is 6.29. The predicted molar refractivity (Wildman–Crippen MR) is 55.1 cm³/mol. The monoisotopic (exact) mass is 179 g/mol. The molecule has 72 valence electrons. The SMILES string of the molecule is CC.CCc1nccc(C)c1C=O. The van der Waals surface area contributed by atoms with Gasteiger partial charge in [0.1, 0.15) is 0 Å². The van der Waals surface area contributed by atoms with Crippen LogP contribution < -0.4 is 0 Å². The van der Waals surface area contributed by atoms with E-state index >= 15 is 0 Å². The molecule has 0 amide bonds. The topological polar surface area (TPSA) is 30.0 Å². The minimum atomic E-state index is 0.745. The van der Waals surface area contributed by atoms with Gasteiger partial charge in [-0.2, -0.15) is 0 Å². The minimum Gasteiger partial charge on any atom is -0.298 e. The normalized spacial score (nSPS) is 8.62. The molecule has 0 unspecified atom stereocenters. The Morgan fingerprint density at radius 1 is 1.46 bits per heavy atom. The fourth-order valence-corrected chi connectivity index (χ4v) is 1.07. The van der Waals surface area contributed by atoms with Crippen molar-refractivity contribution in [2.75, 3.05) is 0 Å². The molecule has 0 aromatic carbocycles. The number of aryl methyl sites for hydroxylation is 2. The van der Waals surface area contributed by atoms with E-state index in [2.05, 4.69) is 4.98 Å². The van der Waals surface area contributed by atoms with Crippen LogP contribution in [0.15, 0.2) is 12.3 Å². The first-order valence-electron chi connectivity index (χ1n) is 4.69. The van der Waals surface area contributed by atoms with Crippen LogP contribution in [-0.2, 0) is 6.42 Å². The van der Waals surface area contributed by atoms with Crippen LogP contribution in [0.25, 0.3) is 0 Å². The summed E-state index contributed by atoms with van der Waals surface area (Å²) >= 11 is 0. The molecule has 13 heavy (non-hydrogen) atoms. The Morgan fingerprint density at radius 2 is 2.08 bits per heavy atom. The van der Waals surface area contributed by atoms with Crippen LogP contribution in [-0.4, -0.2) is 11.3 Å². The van der Waals surface area contributed by atoms with Crippen LogP contribution in [0.5, 0.6) is 0 Å². The van der Waals surface area contributed by atoms with Gasteiger partial charge in [0.05, 0.1) is 5.69 Å². The van der Waals surface area contributed by atoms with Gasteiger partial charge >= 0.3 is 0 Å². The number of hydrogen-bond donors (Lipinski definition) is 0. The van der Waals surface area contributed by atoms with Crippen LogP contribution in [0.1, 0.15) is 42.4 Å². The van der Waals surface area contributed by atoms with Gasteiger partial charge in [-0.3, -0.25) is 9.78 Å². The molecule has 0 atom stereocenters. The van der Waals surface area contributed by atoms with Crippen molar-refractivity contribution in [3.05, 3.63) is 29.1 Å². The second-order valence-corrected chi connectivity index (χ2v) is 2.46. The van der Waals surface area contributed by atoms with Crippen molar-refractivity contribution in [1.82, 2.24) is 4.98 Å². The molecular formula is C11H17NO. The molecule has 0 aliphatic carbocycles. The number of aromatic nitrogens is 1. The first kappa shape index (κ1) is 11.8. The Kier molecular flexibility index (Phi) is 5.77. The summed E-state index contributed by atoms with van der Waals surface area (Å²) in [6.07, 6.45) is 3.43. The van der Waals surface area contributed by atoms with Gasteiger partial charge in [0, 0.05) is 11.8 Å². The second kappa shape index (κ2) is 6.35. The molecular weight excluding hydrogens is 162 g/mol. The van der Waals surface area contributed by atoms with E-state index in [1.54, 1.807) is 6.20 Å². The number of nitrogens with zero attached hydrogens (tertiary/aromatic N) is 1. The zero-order valence-electron chi connectivity index (χ0n) is 8.79. The third-order valence-corrected chi connectivity index (χ3v) is 1.74. The summed E-state index contributed by atoms with van der Waals surface area (Å²) in [5.74, 6) is 0. The molecule has 2 nitrogen and oxygen atoms in total. The molecule has 1 rings (SSSR count). The van der Waals surface area contributed by atoms with Gasteiger partial charge in [0.2, 0.25) is 0 Å². The molecule has 1 aromatic rings. The molecule has 0 saturated carbocycles. The predicted octanol–water partition coefficient (Wildman–Crippen LogP) is 2.79. The quantitative estimate of drug-likeness (QED) is 0.653. The Hall–Kier alpha value is -1.18. The van der Waals surface area contributed by atoms with Gasteiger partial charge in [-0.05, 0) is 25.0 Å². The van der Waals surface area contributed by atoms with E-state index in [-0.39, 0.29) is 0 Å². The van der Waals surface area contributed by atoms with Gasteiger partial charge in [-0.15, -0.1) is 0 Å². The average molecular weight is 179 g/mol. The van der Waals surface area contributed by atoms with Crippen molar-refractivity contribution in [3.8, 4) is 0 Å². The molecule has 0 bridgehead atoms. The molecule has 0 radical (unpaired) electrons. The fraction of sp³-hybridized carbons (Fsp3) is 0.455. The lowest BCUT2D eigenvalue weighted by Gasteiger charge is -2.01. The van der Waals surface area contributed by atoms with E-state index < -0.39 is 0 Å². The highest BCUT2D eigenvalue weighted by molar-refractivity contribution is 5.78. The smallest absolute Gasteiger partial charge is 0.152 e. The van der Waals surface area contributed by atoms with Crippen LogP contribution in [0.4, 0.5) is 0 Å². The number of carbonyl (C=O) groups is 1. The lowest BCUT2D eigenvalue weighted by atomic mass is 10.1. The third kappa shape index (κ3) is 2.98. The maximum Gasteiger partial charge on any atom is 0.152 e. The molecule has 0 saturated heterocycles. The van der Waals surface area contributed by atoms with Gasteiger partial charge in [0.25, 0.3) is 0 Å². The van der Waals surface area contributed by atoms with E-state index in [9.17, 15) is 4.79 Å². The molecule has 0 N–H and O–H groups in total. The highest BCUT2D eigenvalue weighted by Crippen LogP contribution is 2.08. The Balaban J connectivity index is 0.000000671. The van der Waals surface area contributed by atoms with Crippen molar-refractivity contribution >= 4 is 6.29 Å². The number of pyridine rings is 1. The molecule has 1 aromatic heterocycles. The van der Waals surface area contributed by atoms with E-state index in [1.165, 1.54) is 0 Å². The third-order valence-electron chi connectivity index (χ3n) is 1.74. The summed E-state index contributed by atoms with van der Waals surface area (Å²) in [5, 5.41) is 0. The number of rotatable bonds is 2. The zero-order chi connectivity index (χ0) is 10.3. The standard InChI is InChI=1S/C9H11NO.C2H6/c1-3-9-8(6-11)7(2)4-5-10-9;1-2/h4-6H,3H2,1-2H3;1-2H3. The van der Waals surface area contributed by atoms with Crippen LogP contribution >= 0.6 is 0 Å². The highest BCUT2D eigenvalue weighted by atomic mass is 16.1. The lowest BCUT2D eigenvalue weighted by Crippen LogP contribution is -1.97. The van der Waals surface area contributed by atoms with E-state index in [1.807, 2.05) is 33.8 Å². The molecule has 0 aliphatic rings. The van der Waals surface area contributed by atoms with Gasteiger partial charge < -0.3 is 0 Å². The molecule has 0 spiro atoms. The Morgan fingerprint density at radius 3 is 2.46 bits per heavy atom. The van der Waals surface area contributed by atoms with Gasteiger partial charge in [-0.25, -0.2) is 0 Å². The maximum absolute atomic E-state index is 10.6. The van der Waals surface area contributed by atoms with Crippen molar-refractivity contribution in [2.24, 2.45) is 0 Å². The number of carbonyl (C=O) groups excluding carboxylic acids is 1. The highest BCUT2D eigenvalue weighted by Gasteiger charge is 2.02. The zero-order valence-corrected chi connectivity index (χ0v) is 8.79. The van der Waals surface area contributed by atoms with Crippen LogP contribution in [0.3, 0.4) is 0 Å². The fourth-order valence-electron chi connectivity index (χ4n) is 1.07. The largest absolute Gasteiger partial charge is 0.298 e. The lowest BCUT2D eigenvalue weighted by molar-refractivity contribution is 0.112. The number of hydrogen-bond acceptors (Lipinski definition) is 2. The van der Waals surface area contributed by atoms with E-state index in [4.69, 9.17) is 0 Å². The van der Waals surface area contributed by atoms with E-state index in [0.717, 1.165) is 29.5 Å². The number of aldehydes is 1. The summed E-state index contributed by atoms with van der Waals surface area (Å²) in [6, 6.07) is 1.85. The van der Waals surface area contributed by atoms with Crippen molar-refractivity contribution in [3.63, 3.8) is 0 Å². The summed E-state index contributed by atoms with van der Waals surface area (Å²) < 4.78 is 0. The molecule has 1 heterocycles.